The van der Waals surface area contributed by atoms with Crippen molar-refractivity contribution >= 4 is 5.91 Å². The summed E-state index contributed by atoms with van der Waals surface area (Å²) < 4.78 is 1.52. The zero-order valence-electron chi connectivity index (χ0n) is 11.6. The Morgan fingerprint density at radius 2 is 2.33 bits per heavy atom. The minimum absolute atomic E-state index is 0.0738. The average Bonchev–Trinajstić information content (AvgIpc) is 3.18. The van der Waals surface area contributed by atoms with Crippen LogP contribution in [-0.4, -0.2) is 38.7 Å². The van der Waals surface area contributed by atoms with Crippen LogP contribution in [0.5, 0.6) is 0 Å². The smallest absolute Gasteiger partial charge is 0.251 e. The number of amides is 1. The third-order valence-electron chi connectivity index (χ3n) is 4.00. The largest absolute Gasteiger partial charge is 0.349 e. The van der Waals surface area contributed by atoms with E-state index in [1.165, 1.54) is 11.0 Å². The Morgan fingerprint density at radius 1 is 1.43 bits per heavy atom. The van der Waals surface area contributed by atoms with Crippen LogP contribution in [0.3, 0.4) is 0 Å². The van der Waals surface area contributed by atoms with Crippen molar-refractivity contribution in [2.75, 3.05) is 6.54 Å². The molecule has 1 aliphatic carbocycles. The summed E-state index contributed by atoms with van der Waals surface area (Å²) in [6.07, 6.45) is 4.71. The first-order valence-corrected chi connectivity index (χ1v) is 7.12. The van der Waals surface area contributed by atoms with E-state index in [1.807, 2.05) is 12.1 Å². The van der Waals surface area contributed by atoms with Crippen molar-refractivity contribution in [3.63, 3.8) is 0 Å². The summed E-state index contributed by atoms with van der Waals surface area (Å²) in [7, 11) is 0. The Balaban J connectivity index is 1.74. The van der Waals surface area contributed by atoms with Gasteiger partial charge in [-0.2, -0.15) is 0 Å². The van der Waals surface area contributed by atoms with Crippen molar-refractivity contribution in [3.8, 4) is 5.69 Å². The lowest BCUT2D eigenvalue weighted by Crippen LogP contribution is -2.39. The van der Waals surface area contributed by atoms with Gasteiger partial charge in [0.25, 0.3) is 5.91 Å². The highest BCUT2D eigenvalue weighted by molar-refractivity contribution is 5.94. The normalized spacial score (nSPS) is 21.4. The number of carbonyl (C=O) groups is 1. The molecule has 2 unspecified atom stereocenters. The summed E-state index contributed by atoms with van der Waals surface area (Å²) in [5.74, 6) is 0.312. The summed E-state index contributed by atoms with van der Waals surface area (Å²) in [5.41, 5.74) is 7.11. The zero-order chi connectivity index (χ0) is 14.7. The Hall–Kier alpha value is -2.28. The zero-order valence-corrected chi connectivity index (χ0v) is 11.6. The van der Waals surface area contributed by atoms with E-state index in [0.717, 1.165) is 24.9 Å². The van der Waals surface area contributed by atoms with Crippen molar-refractivity contribution in [3.05, 3.63) is 36.2 Å². The van der Waals surface area contributed by atoms with Gasteiger partial charge in [-0.3, -0.25) is 4.79 Å². The Labute approximate surface area is 122 Å². The quantitative estimate of drug-likeness (QED) is 0.853. The summed E-state index contributed by atoms with van der Waals surface area (Å²) in [6.45, 7) is 0.621. The van der Waals surface area contributed by atoms with E-state index in [-0.39, 0.29) is 11.9 Å². The molecule has 7 nitrogen and oxygen atoms in total. The lowest BCUT2D eigenvalue weighted by atomic mass is 10.0. The summed E-state index contributed by atoms with van der Waals surface area (Å²) in [5, 5.41) is 14.1. The predicted octanol–water partition coefficient (Wildman–Crippen LogP) is 0.519. The molecule has 2 aromatic rings. The van der Waals surface area contributed by atoms with Gasteiger partial charge in [-0.1, -0.05) is 12.5 Å². The molecule has 7 heteroatoms. The van der Waals surface area contributed by atoms with Crippen molar-refractivity contribution in [2.45, 2.75) is 25.3 Å². The minimum atomic E-state index is -0.0738. The first-order chi connectivity index (χ1) is 10.3. The molecule has 3 rings (SSSR count). The van der Waals surface area contributed by atoms with Gasteiger partial charge in [-0.05, 0) is 53.9 Å². The molecular weight excluding hydrogens is 268 g/mol. The van der Waals surface area contributed by atoms with E-state index in [0.29, 0.717) is 18.0 Å². The fourth-order valence-corrected chi connectivity index (χ4v) is 2.83. The fourth-order valence-electron chi connectivity index (χ4n) is 2.83. The molecule has 2 atom stereocenters. The van der Waals surface area contributed by atoms with Crippen LogP contribution in [0, 0.1) is 5.92 Å². The molecule has 21 heavy (non-hydrogen) atoms. The second-order valence-electron chi connectivity index (χ2n) is 5.31. The van der Waals surface area contributed by atoms with Crippen LogP contribution in [-0.2, 0) is 0 Å². The summed E-state index contributed by atoms with van der Waals surface area (Å²) >= 11 is 0. The van der Waals surface area contributed by atoms with E-state index in [4.69, 9.17) is 5.73 Å². The third kappa shape index (κ3) is 2.92. The molecule has 0 aliphatic heterocycles. The molecular formula is C14H18N6O. The molecule has 1 amide bonds. The lowest BCUT2D eigenvalue weighted by molar-refractivity contribution is 0.0928. The SMILES string of the molecule is NCC1CCCC1NC(=O)c1cccc(-n2cnnn2)c1. The molecule has 1 saturated carbocycles. The molecule has 0 spiro atoms. The average molecular weight is 286 g/mol. The first-order valence-electron chi connectivity index (χ1n) is 7.12. The monoisotopic (exact) mass is 286 g/mol. The standard InChI is InChI=1S/C14H18N6O/c15-8-11-4-2-6-13(11)17-14(21)10-3-1-5-12(7-10)20-9-16-18-19-20/h1,3,5,7,9,11,13H,2,4,6,8,15H2,(H,17,21). The van der Waals surface area contributed by atoms with Gasteiger partial charge in [-0.15, -0.1) is 5.10 Å². The second kappa shape index (κ2) is 6.01. The van der Waals surface area contributed by atoms with Gasteiger partial charge in [0, 0.05) is 11.6 Å². The van der Waals surface area contributed by atoms with Crippen LogP contribution >= 0.6 is 0 Å². The van der Waals surface area contributed by atoms with Crippen LogP contribution in [0.4, 0.5) is 0 Å². The number of rotatable bonds is 4. The number of nitrogens with one attached hydrogen (secondary N) is 1. The maximum absolute atomic E-state index is 12.4. The Kier molecular flexibility index (Phi) is 3.92. The van der Waals surface area contributed by atoms with Gasteiger partial charge in [0.05, 0.1) is 5.69 Å². The minimum Gasteiger partial charge on any atom is -0.349 e. The Morgan fingerprint density at radius 3 is 3.10 bits per heavy atom. The van der Waals surface area contributed by atoms with E-state index >= 15 is 0 Å². The molecule has 0 bridgehead atoms. The number of hydrogen-bond acceptors (Lipinski definition) is 5. The van der Waals surface area contributed by atoms with Gasteiger partial charge < -0.3 is 11.1 Å². The molecule has 1 heterocycles. The maximum Gasteiger partial charge on any atom is 0.251 e. The second-order valence-corrected chi connectivity index (χ2v) is 5.31. The molecule has 1 fully saturated rings. The molecule has 0 radical (unpaired) electrons. The predicted molar refractivity (Wildman–Crippen MR) is 76.8 cm³/mol. The number of benzene rings is 1. The van der Waals surface area contributed by atoms with Crippen LogP contribution < -0.4 is 11.1 Å². The van der Waals surface area contributed by atoms with Crippen LogP contribution in [0.2, 0.25) is 0 Å². The Bertz CT molecular complexity index is 612. The van der Waals surface area contributed by atoms with Crippen molar-refractivity contribution in [1.82, 2.24) is 25.5 Å². The van der Waals surface area contributed by atoms with Gasteiger partial charge >= 0.3 is 0 Å². The number of hydrogen-bond donors (Lipinski definition) is 2. The molecule has 0 saturated heterocycles. The third-order valence-corrected chi connectivity index (χ3v) is 4.00. The number of tetrazole rings is 1. The fraction of sp³-hybridized carbons (Fsp3) is 0.429. The molecule has 1 aromatic heterocycles. The first kappa shape index (κ1) is 13.7. The van der Waals surface area contributed by atoms with Crippen LogP contribution in [0.25, 0.3) is 5.69 Å². The van der Waals surface area contributed by atoms with Crippen LogP contribution in [0.15, 0.2) is 30.6 Å². The van der Waals surface area contributed by atoms with Gasteiger partial charge in [0.1, 0.15) is 6.33 Å². The number of aromatic nitrogens is 4. The molecule has 3 N–H and O–H groups in total. The van der Waals surface area contributed by atoms with Crippen LogP contribution in [0.1, 0.15) is 29.6 Å². The molecule has 1 aromatic carbocycles. The highest BCUT2D eigenvalue weighted by atomic mass is 16.1. The molecule has 110 valence electrons. The summed E-state index contributed by atoms with van der Waals surface area (Å²) in [4.78, 5) is 12.4. The van der Waals surface area contributed by atoms with Crippen molar-refractivity contribution in [1.29, 1.82) is 0 Å². The van der Waals surface area contributed by atoms with Crippen molar-refractivity contribution < 1.29 is 4.79 Å². The van der Waals surface area contributed by atoms with Gasteiger partial charge in [0.15, 0.2) is 0 Å². The maximum atomic E-state index is 12.4. The van der Waals surface area contributed by atoms with E-state index in [2.05, 4.69) is 20.8 Å². The van der Waals surface area contributed by atoms with E-state index in [1.54, 1.807) is 12.1 Å². The summed E-state index contributed by atoms with van der Waals surface area (Å²) in [6, 6.07) is 7.42. The highest BCUT2D eigenvalue weighted by Gasteiger charge is 2.27. The lowest BCUT2D eigenvalue weighted by Gasteiger charge is -2.19. The van der Waals surface area contributed by atoms with Gasteiger partial charge in [-0.25, -0.2) is 4.68 Å². The number of carbonyl (C=O) groups excluding carboxylic acids is 1. The van der Waals surface area contributed by atoms with E-state index in [9.17, 15) is 4.79 Å². The van der Waals surface area contributed by atoms with Crippen molar-refractivity contribution in [2.24, 2.45) is 11.7 Å². The molecule has 1 aliphatic rings. The topological polar surface area (TPSA) is 98.7 Å². The highest BCUT2D eigenvalue weighted by Crippen LogP contribution is 2.25. The number of nitrogens with zero attached hydrogens (tertiary/aromatic N) is 4. The van der Waals surface area contributed by atoms with E-state index < -0.39 is 0 Å². The van der Waals surface area contributed by atoms with Gasteiger partial charge in [0.2, 0.25) is 0 Å². The number of nitrogens with two attached hydrogens (primary N) is 1.